The van der Waals surface area contributed by atoms with Crippen molar-refractivity contribution >= 4 is 5.82 Å². The Bertz CT molecular complexity index is 350. The Morgan fingerprint density at radius 1 is 1.64 bits per heavy atom. The van der Waals surface area contributed by atoms with E-state index < -0.39 is 0 Å². The fourth-order valence-corrected chi connectivity index (χ4v) is 1.28. The molecule has 76 valence electrons. The van der Waals surface area contributed by atoms with Crippen LogP contribution in [-0.4, -0.2) is 28.0 Å². The number of aryl methyl sites for hydroxylation is 2. The first-order chi connectivity index (χ1) is 6.70. The zero-order valence-electron chi connectivity index (χ0n) is 8.41. The number of aliphatic hydroxyl groups excluding tert-OH is 1. The fourth-order valence-electron chi connectivity index (χ4n) is 1.28. The first-order valence-electron chi connectivity index (χ1n) is 4.49. The number of nitrogens with zero attached hydrogens (tertiary/aromatic N) is 3. The largest absolute Gasteiger partial charge is 0.396 e. The van der Waals surface area contributed by atoms with Crippen molar-refractivity contribution in [2.45, 2.75) is 13.3 Å². The van der Waals surface area contributed by atoms with Crippen LogP contribution < -0.4 is 5.32 Å². The molecule has 14 heavy (non-hydrogen) atoms. The van der Waals surface area contributed by atoms with Gasteiger partial charge in [-0.15, -0.1) is 0 Å². The quantitative estimate of drug-likeness (QED) is 0.680. The summed E-state index contributed by atoms with van der Waals surface area (Å²) in [6.45, 7) is 2.59. The van der Waals surface area contributed by atoms with Crippen LogP contribution in [-0.2, 0) is 7.05 Å². The summed E-state index contributed by atoms with van der Waals surface area (Å²) in [6, 6.07) is 2.10. The highest BCUT2D eigenvalue weighted by molar-refractivity contribution is 5.54. The van der Waals surface area contributed by atoms with Gasteiger partial charge in [0.25, 0.3) is 0 Å². The molecule has 0 saturated carbocycles. The van der Waals surface area contributed by atoms with E-state index in [1.165, 1.54) is 0 Å². The summed E-state index contributed by atoms with van der Waals surface area (Å²) in [5, 5.41) is 24.7. The molecule has 0 aliphatic rings. The van der Waals surface area contributed by atoms with Crippen LogP contribution in [0.3, 0.4) is 0 Å². The smallest absolute Gasteiger partial charge is 0.142 e. The molecule has 5 nitrogen and oxygen atoms in total. The monoisotopic (exact) mass is 194 g/mol. The van der Waals surface area contributed by atoms with Crippen LogP contribution in [0.4, 0.5) is 5.82 Å². The van der Waals surface area contributed by atoms with E-state index in [4.69, 9.17) is 10.4 Å². The van der Waals surface area contributed by atoms with Crippen molar-refractivity contribution < 1.29 is 5.11 Å². The Hall–Kier alpha value is -1.54. The third-order valence-electron chi connectivity index (χ3n) is 1.96. The lowest BCUT2D eigenvalue weighted by molar-refractivity contribution is 0.292. The average molecular weight is 194 g/mol. The van der Waals surface area contributed by atoms with Gasteiger partial charge in [0.05, 0.1) is 5.69 Å². The third-order valence-corrected chi connectivity index (χ3v) is 1.96. The number of hydrogen-bond donors (Lipinski definition) is 2. The van der Waals surface area contributed by atoms with Crippen LogP contribution in [0.25, 0.3) is 0 Å². The molecule has 1 rings (SSSR count). The molecule has 0 aliphatic carbocycles. The van der Waals surface area contributed by atoms with E-state index in [1.54, 1.807) is 18.7 Å². The molecule has 0 radical (unpaired) electrons. The van der Waals surface area contributed by atoms with E-state index in [2.05, 4.69) is 16.5 Å². The van der Waals surface area contributed by atoms with Crippen LogP contribution in [0, 0.1) is 18.3 Å². The molecular weight excluding hydrogens is 180 g/mol. The standard InChI is InChI=1S/C9H14N4O/c1-7-8(6-10)9(13(2)12-7)11-4-3-5-14/h11,14H,3-5H2,1-2H3. The highest BCUT2D eigenvalue weighted by Gasteiger charge is 2.11. The van der Waals surface area contributed by atoms with Gasteiger partial charge in [-0.3, -0.25) is 4.68 Å². The van der Waals surface area contributed by atoms with Crippen molar-refractivity contribution in [3.63, 3.8) is 0 Å². The van der Waals surface area contributed by atoms with Gasteiger partial charge in [0.2, 0.25) is 0 Å². The SMILES string of the molecule is Cc1nn(C)c(NCCCO)c1C#N. The summed E-state index contributed by atoms with van der Waals surface area (Å²) in [5.41, 5.74) is 1.30. The molecule has 2 N–H and O–H groups in total. The summed E-state index contributed by atoms with van der Waals surface area (Å²) in [4.78, 5) is 0. The molecule has 1 aromatic rings. The zero-order chi connectivity index (χ0) is 10.6. The number of aromatic nitrogens is 2. The number of anilines is 1. The lowest BCUT2D eigenvalue weighted by atomic mass is 10.2. The first-order valence-corrected chi connectivity index (χ1v) is 4.49. The molecule has 0 fully saturated rings. The molecule has 0 atom stereocenters. The van der Waals surface area contributed by atoms with Gasteiger partial charge in [-0.25, -0.2) is 0 Å². The molecule has 0 spiro atoms. The van der Waals surface area contributed by atoms with Gasteiger partial charge in [0.1, 0.15) is 17.5 Å². The topological polar surface area (TPSA) is 73.9 Å². The van der Waals surface area contributed by atoms with Crippen LogP contribution in [0.5, 0.6) is 0 Å². The van der Waals surface area contributed by atoms with Gasteiger partial charge in [-0.05, 0) is 13.3 Å². The zero-order valence-corrected chi connectivity index (χ0v) is 8.41. The number of nitriles is 1. The summed E-state index contributed by atoms with van der Waals surface area (Å²) < 4.78 is 1.64. The van der Waals surface area contributed by atoms with Gasteiger partial charge in [0.15, 0.2) is 0 Å². The minimum atomic E-state index is 0.145. The minimum absolute atomic E-state index is 0.145. The fraction of sp³-hybridized carbons (Fsp3) is 0.556. The molecule has 5 heteroatoms. The third kappa shape index (κ3) is 2.03. The molecule has 0 amide bonds. The summed E-state index contributed by atoms with van der Waals surface area (Å²) >= 11 is 0. The van der Waals surface area contributed by atoms with Crippen LogP contribution in [0.2, 0.25) is 0 Å². The van der Waals surface area contributed by atoms with Crippen LogP contribution in [0.1, 0.15) is 17.7 Å². The summed E-state index contributed by atoms with van der Waals surface area (Å²) in [6.07, 6.45) is 0.662. The van der Waals surface area contributed by atoms with Gasteiger partial charge in [-0.1, -0.05) is 0 Å². The molecular formula is C9H14N4O. The number of nitrogens with one attached hydrogen (secondary N) is 1. The number of rotatable bonds is 4. The van der Waals surface area contributed by atoms with E-state index in [-0.39, 0.29) is 6.61 Å². The average Bonchev–Trinajstić information content (AvgIpc) is 2.42. The van der Waals surface area contributed by atoms with E-state index in [9.17, 15) is 0 Å². The minimum Gasteiger partial charge on any atom is -0.396 e. The van der Waals surface area contributed by atoms with E-state index in [1.807, 2.05) is 0 Å². The Kier molecular flexibility index (Phi) is 3.48. The first kappa shape index (κ1) is 10.5. The lowest BCUT2D eigenvalue weighted by Crippen LogP contribution is -2.08. The van der Waals surface area contributed by atoms with E-state index in [0.29, 0.717) is 18.5 Å². The lowest BCUT2D eigenvalue weighted by Gasteiger charge is -2.05. The maximum atomic E-state index is 8.88. The second-order valence-corrected chi connectivity index (χ2v) is 3.05. The summed E-state index contributed by atoms with van der Waals surface area (Å²) in [5.74, 6) is 0.721. The number of hydrogen-bond acceptors (Lipinski definition) is 4. The highest BCUT2D eigenvalue weighted by Crippen LogP contribution is 2.16. The Morgan fingerprint density at radius 3 is 2.93 bits per heavy atom. The second kappa shape index (κ2) is 4.63. The van der Waals surface area contributed by atoms with E-state index >= 15 is 0 Å². The molecule has 0 aliphatic heterocycles. The Balaban J connectivity index is 2.80. The molecule has 1 aromatic heterocycles. The molecule has 0 saturated heterocycles. The molecule has 0 unspecified atom stereocenters. The highest BCUT2D eigenvalue weighted by atomic mass is 16.3. The van der Waals surface area contributed by atoms with Gasteiger partial charge in [0, 0.05) is 20.2 Å². The Labute approximate surface area is 83.0 Å². The predicted molar refractivity (Wildman–Crippen MR) is 52.9 cm³/mol. The Morgan fingerprint density at radius 2 is 2.36 bits per heavy atom. The van der Waals surface area contributed by atoms with Crippen molar-refractivity contribution in [3.8, 4) is 6.07 Å². The molecule has 0 bridgehead atoms. The normalized spacial score (nSPS) is 9.86. The van der Waals surface area contributed by atoms with Crippen molar-refractivity contribution in [2.75, 3.05) is 18.5 Å². The molecule has 0 aromatic carbocycles. The second-order valence-electron chi connectivity index (χ2n) is 3.05. The predicted octanol–water partition coefficient (Wildman–Crippen LogP) is 0.394. The van der Waals surface area contributed by atoms with Gasteiger partial charge < -0.3 is 10.4 Å². The van der Waals surface area contributed by atoms with E-state index in [0.717, 1.165) is 11.5 Å². The van der Waals surface area contributed by atoms with Crippen molar-refractivity contribution in [3.05, 3.63) is 11.3 Å². The summed E-state index contributed by atoms with van der Waals surface area (Å²) in [7, 11) is 1.79. The van der Waals surface area contributed by atoms with Crippen LogP contribution >= 0.6 is 0 Å². The van der Waals surface area contributed by atoms with Gasteiger partial charge in [-0.2, -0.15) is 10.4 Å². The van der Waals surface area contributed by atoms with Crippen LogP contribution in [0.15, 0.2) is 0 Å². The number of aliphatic hydroxyl groups is 1. The molecule has 1 heterocycles. The van der Waals surface area contributed by atoms with Crippen molar-refractivity contribution in [2.24, 2.45) is 7.05 Å². The van der Waals surface area contributed by atoms with Crippen molar-refractivity contribution in [1.29, 1.82) is 5.26 Å². The van der Waals surface area contributed by atoms with Gasteiger partial charge >= 0.3 is 0 Å². The maximum absolute atomic E-state index is 8.88. The maximum Gasteiger partial charge on any atom is 0.142 e. The van der Waals surface area contributed by atoms with Crippen molar-refractivity contribution in [1.82, 2.24) is 9.78 Å².